The summed E-state index contributed by atoms with van der Waals surface area (Å²) >= 11 is 1.30. The van der Waals surface area contributed by atoms with Gasteiger partial charge in [0.05, 0.1) is 28.5 Å². The molecule has 2 N–H and O–H groups in total. The van der Waals surface area contributed by atoms with E-state index in [1.54, 1.807) is 18.4 Å². The topological polar surface area (TPSA) is 113 Å². The van der Waals surface area contributed by atoms with Crippen molar-refractivity contribution in [2.75, 3.05) is 18.4 Å². The van der Waals surface area contributed by atoms with Crippen LogP contribution in [0, 0.1) is 5.82 Å². The first kappa shape index (κ1) is 24.6. The molecule has 5 heterocycles. The van der Waals surface area contributed by atoms with Crippen molar-refractivity contribution in [2.24, 2.45) is 0 Å². The van der Waals surface area contributed by atoms with Crippen molar-refractivity contribution >= 4 is 39.3 Å². The standard InChI is InChI=1S/C23H18F4N6O3S/c1-11(12-6-13(24)8-28-7-12)29-22-31-15-4-5-37-19(15)18(32-22)21(35)33-9-14(10-33)30-20(34)16-2-3-17(36-16)23(25,26)27/h2-8,11,14H,9-10H2,1H3,(H,30,34)(H,29,31,32). The summed E-state index contributed by atoms with van der Waals surface area (Å²) < 4.78 is 56.8. The normalized spacial score (nSPS) is 14.9. The number of thiophene rings is 1. The molecular weight excluding hydrogens is 516 g/mol. The first-order chi connectivity index (χ1) is 17.6. The smallest absolute Gasteiger partial charge is 0.446 e. The molecule has 14 heteroatoms. The number of anilines is 1. The van der Waals surface area contributed by atoms with E-state index < -0.39 is 41.5 Å². The Bertz CT molecular complexity index is 1480. The van der Waals surface area contributed by atoms with Gasteiger partial charge in [0.2, 0.25) is 11.7 Å². The van der Waals surface area contributed by atoms with Crippen molar-refractivity contribution < 1.29 is 31.6 Å². The molecule has 1 aliphatic heterocycles. The summed E-state index contributed by atoms with van der Waals surface area (Å²) in [7, 11) is 0. The maximum atomic E-state index is 13.5. The highest BCUT2D eigenvalue weighted by Gasteiger charge is 2.37. The van der Waals surface area contributed by atoms with E-state index in [1.165, 1.54) is 28.5 Å². The van der Waals surface area contributed by atoms with Gasteiger partial charge >= 0.3 is 6.18 Å². The Kier molecular flexibility index (Phi) is 6.27. The molecule has 192 valence electrons. The largest absolute Gasteiger partial charge is 0.449 e. The van der Waals surface area contributed by atoms with Crippen molar-refractivity contribution in [1.29, 1.82) is 0 Å². The fourth-order valence-corrected chi connectivity index (χ4v) is 4.58. The lowest BCUT2D eigenvalue weighted by Gasteiger charge is -2.39. The Morgan fingerprint density at radius 2 is 1.97 bits per heavy atom. The zero-order chi connectivity index (χ0) is 26.3. The molecule has 1 fully saturated rings. The number of aromatic nitrogens is 3. The molecule has 0 saturated carbocycles. The van der Waals surface area contributed by atoms with Crippen LogP contribution in [-0.2, 0) is 6.18 Å². The summed E-state index contributed by atoms with van der Waals surface area (Å²) in [5, 5.41) is 7.39. The van der Waals surface area contributed by atoms with Gasteiger partial charge in [0.15, 0.2) is 11.5 Å². The Morgan fingerprint density at radius 3 is 2.68 bits per heavy atom. The van der Waals surface area contributed by atoms with Crippen LogP contribution in [0.1, 0.15) is 45.3 Å². The Morgan fingerprint density at radius 1 is 1.19 bits per heavy atom. The fraction of sp³-hybridized carbons (Fsp3) is 0.261. The minimum Gasteiger partial charge on any atom is -0.446 e. The summed E-state index contributed by atoms with van der Waals surface area (Å²) in [6.45, 7) is 2.06. The van der Waals surface area contributed by atoms with Gasteiger partial charge in [-0.3, -0.25) is 14.6 Å². The molecule has 37 heavy (non-hydrogen) atoms. The quantitative estimate of drug-likeness (QED) is 0.356. The number of halogens is 4. The minimum absolute atomic E-state index is 0.141. The Balaban J connectivity index is 1.26. The van der Waals surface area contributed by atoms with Gasteiger partial charge in [0.1, 0.15) is 5.82 Å². The van der Waals surface area contributed by atoms with Crippen LogP contribution in [0.4, 0.5) is 23.5 Å². The second-order valence-electron chi connectivity index (χ2n) is 8.38. The molecule has 4 aromatic heterocycles. The second-order valence-corrected chi connectivity index (χ2v) is 9.29. The lowest BCUT2D eigenvalue weighted by atomic mass is 10.1. The summed E-state index contributed by atoms with van der Waals surface area (Å²) in [4.78, 5) is 39.6. The SMILES string of the molecule is CC(Nc1nc(C(=O)N2CC(NC(=O)c3ccc(C(F)(F)F)o3)C2)c2sccc2n1)c1cncc(F)c1. The molecule has 0 aliphatic carbocycles. The molecule has 0 aromatic carbocycles. The van der Waals surface area contributed by atoms with Crippen molar-refractivity contribution in [3.8, 4) is 0 Å². The van der Waals surface area contributed by atoms with Gasteiger partial charge in [-0.2, -0.15) is 13.2 Å². The van der Waals surface area contributed by atoms with Crippen LogP contribution < -0.4 is 10.6 Å². The van der Waals surface area contributed by atoms with E-state index in [1.807, 2.05) is 0 Å². The number of carbonyl (C=O) groups excluding carboxylic acids is 2. The number of alkyl halides is 3. The van der Waals surface area contributed by atoms with Crippen LogP contribution in [0.5, 0.6) is 0 Å². The van der Waals surface area contributed by atoms with E-state index in [0.717, 1.165) is 12.3 Å². The van der Waals surface area contributed by atoms with Gasteiger partial charge in [0, 0.05) is 19.3 Å². The average molecular weight is 534 g/mol. The molecule has 5 rings (SSSR count). The number of carbonyl (C=O) groups is 2. The van der Waals surface area contributed by atoms with E-state index in [2.05, 4.69) is 30.0 Å². The van der Waals surface area contributed by atoms with E-state index in [-0.39, 0.29) is 30.6 Å². The molecule has 0 radical (unpaired) electrons. The lowest BCUT2D eigenvalue weighted by molar-refractivity contribution is -0.153. The van der Waals surface area contributed by atoms with E-state index >= 15 is 0 Å². The van der Waals surface area contributed by atoms with Crippen molar-refractivity contribution in [1.82, 2.24) is 25.2 Å². The Labute approximate surface area is 210 Å². The van der Waals surface area contributed by atoms with Crippen LogP contribution in [0.25, 0.3) is 10.2 Å². The summed E-state index contributed by atoms with van der Waals surface area (Å²) in [6.07, 6.45) is -2.09. The molecule has 2 amide bonds. The number of hydrogen-bond donors (Lipinski definition) is 2. The van der Waals surface area contributed by atoms with E-state index in [9.17, 15) is 27.2 Å². The van der Waals surface area contributed by atoms with Crippen LogP contribution in [0.3, 0.4) is 0 Å². The molecule has 1 unspecified atom stereocenters. The predicted octanol–water partition coefficient (Wildman–Crippen LogP) is 4.26. The average Bonchev–Trinajstić information content (AvgIpc) is 3.50. The first-order valence-electron chi connectivity index (χ1n) is 11.0. The van der Waals surface area contributed by atoms with Gasteiger partial charge < -0.3 is 20.0 Å². The number of amides is 2. The van der Waals surface area contributed by atoms with Crippen LogP contribution in [0.2, 0.25) is 0 Å². The molecule has 0 bridgehead atoms. The molecule has 1 aliphatic rings. The highest BCUT2D eigenvalue weighted by Crippen LogP contribution is 2.31. The van der Waals surface area contributed by atoms with Crippen LogP contribution >= 0.6 is 11.3 Å². The van der Waals surface area contributed by atoms with Crippen molar-refractivity contribution in [2.45, 2.75) is 25.2 Å². The monoisotopic (exact) mass is 534 g/mol. The second kappa shape index (κ2) is 9.42. The molecule has 9 nitrogen and oxygen atoms in total. The summed E-state index contributed by atoms with van der Waals surface area (Å²) in [6, 6.07) is 3.85. The molecule has 1 atom stereocenters. The summed E-state index contributed by atoms with van der Waals surface area (Å²) in [5.41, 5.74) is 1.29. The van der Waals surface area contributed by atoms with Gasteiger partial charge in [-0.1, -0.05) is 0 Å². The minimum atomic E-state index is -4.69. The third-order valence-corrected chi connectivity index (χ3v) is 6.60. The van der Waals surface area contributed by atoms with Gasteiger partial charge in [-0.25, -0.2) is 14.4 Å². The maximum Gasteiger partial charge on any atom is 0.449 e. The lowest BCUT2D eigenvalue weighted by Crippen LogP contribution is -2.61. The fourth-order valence-electron chi connectivity index (χ4n) is 3.77. The van der Waals surface area contributed by atoms with E-state index in [0.29, 0.717) is 21.8 Å². The van der Waals surface area contributed by atoms with Gasteiger partial charge in [0.25, 0.3) is 11.8 Å². The highest BCUT2D eigenvalue weighted by molar-refractivity contribution is 7.17. The maximum absolute atomic E-state index is 13.5. The third-order valence-electron chi connectivity index (χ3n) is 5.69. The first-order valence-corrected chi connectivity index (χ1v) is 11.9. The van der Waals surface area contributed by atoms with Crippen LogP contribution in [0.15, 0.2) is 46.5 Å². The van der Waals surface area contributed by atoms with Crippen LogP contribution in [-0.4, -0.2) is 50.8 Å². The third kappa shape index (κ3) is 5.09. The van der Waals surface area contributed by atoms with Crippen molar-refractivity contribution in [3.05, 3.63) is 70.6 Å². The number of furan rings is 1. The predicted molar refractivity (Wildman–Crippen MR) is 125 cm³/mol. The summed E-state index contributed by atoms with van der Waals surface area (Å²) in [5.74, 6) is -3.23. The van der Waals surface area contributed by atoms with E-state index in [4.69, 9.17) is 0 Å². The molecule has 0 spiro atoms. The molecule has 1 saturated heterocycles. The number of nitrogens with one attached hydrogen (secondary N) is 2. The van der Waals surface area contributed by atoms with Crippen molar-refractivity contribution in [3.63, 3.8) is 0 Å². The molecular formula is C23H18F4N6O3S. The Hall–Kier alpha value is -4.07. The highest BCUT2D eigenvalue weighted by atomic mass is 32.1. The molecule has 4 aromatic rings. The van der Waals surface area contributed by atoms with Gasteiger partial charge in [-0.05, 0) is 42.1 Å². The zero-order valence-electron chi connectivity index (χ0n) is 19.0. The van der Waals surface area contributed by atoms with Gasteiger partial charge in [-0.15, -0.1) is 11.3 Å². The number of rotatable bonds is 6. The number of likely N-dealkylation sites (tertiary alicyclic amines) is 1. The number of nitrogens with zero attached hydrogens (tertiary/aromatic N) is 4. The number of pyridine rings is 1. The number of fused-ring (bicyclic) bond motifs is 1. The number of hydrogen-bond acceptors (Lipinski definition) is 8. The zero-order valence-corrected chi connectivity index (χ0v) is 19.9.